The van der Waals surface area contributed by atoms with Crippen LogP contribution >= 0.6 is 0 Å². The van der Waals surface area contributed by atoms with Gasteiger partial charge in [0.2, 0.25) is 5.91 Å². The molecule has 2 heterocycles. The van der Waals surface area contributed by atoms with Gasteiger partial charge >= 0.3 is 0 Å². The highest BCUT2D eigenvalue weighted by Crippen LogP contribution is 2.53. The van der Waals surface area contributed by atoms with Crippen molar-refractivity contribution < 1.29 is 9.59 Å². The first-order valence-corrected chi connectivity index (χ1v) is 9.68. The van der Waals surface area contributed by atoms with Gasteiger partial charge in [-0.15, -0.1) is 0 Å². The maximum Gasteiger partial charge on any atom is 0.253 e. The molecule has 140 valence electrons. The van der Waals surface area contributed by atoms with Crippen LogP contribution in [0.4, 0.5) is 0 Å². The monoisotopic (exact) mass is 363 g/mol. The van der Waals surface area contributed by atoms with Crippen LogP contribution in [0.15, 0.2) is 48.7 Å². The lowest BCUT2D eigenvalue weighted by Gasteiger charge is -2.33. The van der Waals surface area contributed by atoms with Crippen LogP contribution in [0.3, 0.4) is 0 Å². The van der Waals surface area contributed by atoms with Crippen molar-refractivity contribution in [2.24, 2.45) is 5.41 Å². The van der Waals surface area contributed by atoms with Crippen LogP contribution in [-0.2, 0) is 4.79 Å². The summed E-state index contributed by atoms with van der Waals surface area (Å²) in [7, 11) is 0. The number of piperidine rings is 1. The molecule has 1 aliphatic carbocycles. The molecule has 1 atom stereocenters. The molecule has 27 heavy (non-hydrogen) atoms. The topological polar surface area (TPSA) is 62.3 Å². The van der Waals surface area contributed by atoms with E-state index >= 15 is 0 Å². The third kappa shape index (κ3) is 3.87. The van der Waals surface area contributed by atoms with E-state index in [1.54, 1.807) is 19.2 Å². The summed E-state index contributed by atoms with van der Waals surface area (Å²) in [6.45, 7) is 3.38. The maximum absolute atomic E-state index is 12.6. The molecule has 5 heteroatoms. The van der Waals surface area contributed by atoms with Crippen molar-refractivity contribution in [1.82, 2.24) is 15.2 Å². The molecule has 0 radical (unpaired) electrons. The average molecular weight is 363 g/mol. The highest BCUT2D eigenvalue weighted by atomic mass is 16.2. The summed E-state index contributed by atoms with van der Waals surface area (Å²) in [6.07, 6.45) is 6.39. The molecule has 1 saturated carbocycles. The van der Waals surface area contributed by atoms with Gasteiger partial charge < -0.3 is 10.2 Å². The van der Waals surface area contributed by atoms with Crippen molar-refractivity contribution in [2.75, 3.05) is 13.1 Å². The van der Waals surface area contributed by atoms with Crippen LogP contribution in [0.2, 0.25) is 0 Å². The zero-order valence-corrected chi connectivity index (χ0v) is 15.6. The number of carbonyl (C=O) groups excluding carboxylic acids is 2. The second-order valence-corrected chi connectivity index (χ2v) is 7.82. The standard InChI is InChI=1S/C22H25N3O2/c1-16(21(27)25-13-11-22(9-10-22)12-14-25)24-20(26)18-7-8-19(23-15-18)17-5-3-2-4-6-17/h2-8,15-16H,9-14H2,1H3,(H,24,26). The van der Waals surface area contributed by atoms with E-state index in [0.29, 0.717) is 11.0 Å². The Labute approximate surface area is 159 Å². The van der Waals surface area contributed by atoms with Gasteiger partial charge in [0.25, 0.3) is 5.91 Å². The molecular formula is C22H25N3O2. The van der Waals surface area contributed by atoms with E-state index in [1.165, 1.54) is 12.8 Å². The predicted octanol–water partition coefficient (Wildman–Crippen LogP) is 3.27. The van der Waals surface area contributed by atoms with Crippen molar-refractivity contribution in [2.45, 2.75) is 38.6 Å². The van der Waals surface area contributed by atoms with Crippen LogP contribution in [0.5, 0.6) is 0 Å². The molecule has 2 aliphatic rings. The number of nitrogens with one attached hydrogen (secondary N) is 1. The Morgan fingerprint density at radius 2 is 1.74 bits per heavy atom. The van der Waals surface area contributed by atoms with Gasteiger partial charge in [0.15, 0.2) is 0 Å². The van der Waals surface area contributed by atoms with Crippen LogP contribution in [0.1, 0.15) is 43.0 Å². The highest BCUT2D eigenvalue weighted by Gasteiger charge is 2.45. The van der Waals surface area contributed by atoms with Gasteiger partial charge in [0, 0.05) is 24.8 Å². The minimum absolute atomic E-state index is 0.00714. The van der Waals surface area contributed by atoms with Crippen LogP contribution in [0.25, 0.3) is 11.3 Å². The van der Waals surface area contributed by atoms with Gasteiger partial charge in [-0.25, -0.2) is 0 Å². The fraction of sp³-hybridized carbons (Fsp3) is 0.409. The Balaban J connectivity index is 1.34. The van der Waals surface area contributed by atoms with Crippen molar-refractivity contribution in [3.05, 3.63) is 54.2 Å². The molecule has 2 aromatic rings. The van der Waals surface area contributed by atoms with Gasteiger partial charge in [-0.1, -0.05) is 30.3 Å². The molecule has 4 rings (SSSR count). The summed E-state index contributed by atoms with van der Waals surface area (Å²) in [5, 5.41) is 2.82. The first kappa shape index (κ1) is 17.7. The Bertz CT molecular complexity index is 818. The number of pyridine rings is 1. The molecule has 2 fully saturated rings. The first-order valence-electron chi connectivity index (χ1n) is 9.68. The molecule has 1 aliphatic heterocycles. The summed E-state index contributed by atoms with van der Waals surface area (Å²) in [4.78, 5) is 31.4. The predicted molar refractivity (Wildman–Crippen MR) is 104 cm³/mol. The van der Waals surface area contributed by atoms with Gasteiger partial charge in [-0.3, -0.25) is 14.6 Å². The number of hydrogen-bond donors (Lipinski definition) is 1. The average Bonchev–Trinajstić information content (AvgIpc) is 3.47. The zero-order chi connectivity index (χ0) is 18.9. The molecule has 1 aromatic carbocycles. The number of carbonyl (C=O) groups is 2. The minimum atomic E-state index is -0.528. The third-order valence-electron chi connectivity index (χ3n) is 5.91. The number of aromatic nitrogens is 1. The first-order chi connectivity index (χ1) is 13.1. The summed E-state index contributed by atoms with van der Waals surface area (Å²) >= 11 is 0. The molecule has 1 spiro atoms. The Hall–Kier alpha value is -2.69. The van der Waals surface area contributed by atoms with Gasteiger partial charge in [-0.05, 0) is 50.2 Å². The van der Waals surface area contributed by atoms with Crippen molar-refractivity contribution >= 4 is 11.8 Å². The molecule has 1 saturated heterocycles. The molecule has 1 aromatic heterocycles. The Kier molecular flexibility index (Phi) is 4.68. The number of nitrogens with zero attached hydrogens (tertiary/aromatic N) is 2. The number of hydrogen-bond acceptors (Lipinski definition) is 3. The van der Waals surface area contributed by atoms with Crippen LogP contribution < -0.4 is 5.32 Å². The Morgan fingerprint density at radius 1 is 1.04 bits per heavy atom. The van der Waals surface area contributed by atoms with E-state index < -0.39 is 6.04 Å². The fourth-order valence-corrected chi connectivity index (χ4v) is 3.80. The summed E-state index contributed by atoms with van der Waals surface area (Å²) in [5.41, 5.74) is 2.82. The van der Waals surface area contributed by atoms with E-state index in [-0.39, 0.29) is 11.8 Å². The van der Waals surface area contributed by atoms with Gasteiger partial charge in [-0.2, -0.15) is 0 Å². The highest BCUT2D eigenvalue weighted by molar-refractivity contribution is 5.97. The number of benzene rings is 1. The lowest BCUT2D eigenvalue weighted by atomic mass is 9.93. The van der Waals surface area contributed by atoms with E-state index in [1.807, 2.05) is 41.3 Å². The molecule has 2 amide bonds. The molecule has 1 unspecified atom stereocenters. The van der Waals surface area contributed by atoms with Crippen molar-refractivity contribution in [3.8, 4) is 11.3 Å². The molecular weight excluding hydrogens is 338 g/mol. The molecule has 0 bridgehead atoms. The van der Waals surface area contributed by atoms with Gasteiger partial charge in [0.05, 0.1) is 11.3 Å². The van der Waals surface area contributed by atoms with E-state index in [9.17, 15) is 9.59 Å². The summed E-state index contributed by atoms with van der Waals surface area (Å²) < 4.78 is 0. The lowest BCUT2D eigenvalue weighted by Crippen LogP contribution is -2.49. The molecule has 1 N–H and O–H groups in total. The van der Waals surface area contributed by atoms with Gasteiger partial charge in [0.1, 0.15) is 6.04 Å². The number of rotatable bonds is 4. The summed E-state index contributed by atoms with van der Waals surface area (Å²) in [6, 6.07) is 12.9. The number of amides is 2. The Morgan fingerprint density at radius 3 is 2.33 bits per heavy atom. The smallest absolute Gasteiger partial charge is 0.253 e. The van der Waals surface area contributed by atoms with Crippen molar-refractivity contribution in [3.63, 3.8) is 0 Å². The third-order valence-corrected chi connectivity index (χ3v) is 5.91. The van der Waals surface area contributed by atoms with E-state index in [0.717, 1.165) is 37.2 Å². The SMILES string of the molecule is CC(NC(=O)c1ccc(-c2ccccc2)nc1)C(=O)N1CCC2(CC1)CC2. The largest absolute Gasteiger partial charge is 0.341 e. The zero-order valence-electron chi connectivity index (χ0n) is 15.6. The minimum Gasteiger partial charge on any atom is -0.341 e. The normalized spacial score (nSPS) is 18.8. The van der Waals surface area contributed by atoms with E-state index in [4.69, 9.17) is 0 Å². The van der Waals surface area contributed by atoms with Crippen LogP contribution in [0, 0.1) is 5.41 Å². The maximum atomic E-state index is 12.6. The molecule has 5 nitrogen and oxygen atoms in total. The second-order valence-electron chi connectivity index (χ2n) is 7.82. The number of likely N-dealkylation sites (tertiary alicyclic amines) is 1. The van der Waals surface area contributed by atoms with E-state index in [2.05, 4.69) is 10.3 Å². The summed E-state index contributed by atoms with van der Waals surface area (Å²) in [5.74, 6) is -0.258. The fourth-order valence-electron chi connectivity index (χ4n) is 3.80. The lowest BCUT2D eigenvalue weighted by molar-refractivity contribution is -0.134. The second kappa shape index (κ2) is 7.14. The van der Waals surface area contributed by atoms with Crippen molar-refractivity contribution in [1.29, 1.82) is 0 Å². The quantitative estimate of drug-likeness (QED) is 0.907. The van der Waals surface area contributed by atoms with Crippen LogP contribution in [-0.4, -0.2) is 40.8 Å².